The van der Waals surface area contributed by atoms with Gasteiger partial charge in [0.05, 0.1) is 24.2 Å². The third-order valence-electron chi connectivity index (χ3n) is 4.82. The molecule has 0 aliphatic rings. The number of esters is 1. The van der Waals surface area contributed by atoms with Crippen molar-refractivity contribution in [1.29, 1.82) is 0 Å². The lowest BCUT2D eigenvalue weighted by Crippen LogP contribution is -2.20. The highest BCUT2D eigenvalue weighted by atomic mass is 16.6. The molecule has 0 fully saturated rings. The first-order valence-electron chi connectivity index (χ1n) is 10.0. The van der Waals surface area contributed by atoms with Gasteiger partial charge in [0.1, 0.15) is 28.8 Å². The summed E-state index contributed by atoms with van der Waals surface area (Å²) in [6.45, 7) is 4.53. The van der Waals surface area contributed by atoms with Crippen molar-refractivity contribution in [2.24, 2.45) is 0 Å². The molecule has 160 valence electrons. The van der Waals surface area contributed by atoms with E-state index in [9.17, 15) is 4.79 Å². The van der Waals surface area contributed by atoms with Gasteiger partial charge in [-0.05, 0) is 50.2 Å². The fraction of sp³-hybridized carbons (Fsp3) is 0.261. The van der Waals surface area contributed by atoms with Crippen LogP contribution >= 0.6 is 0 Å². The molecule has 0 aliphatic heterocycles. The zero-order chi connectivity index (χ0) is 22.0. The Morgan fingerprint density at radius 3 is 2.42 bits per heavy atom. The Labute approximate surface area is 179 Å². The molecule has 0 saturated carbocycles. The average molecular weight is 420 g/mol. The van der Waals surface area contributed by atoms with Gasteiger partial charge >= 0.3 is 5.97 Å². The van der Waals surface area contributed by atoms with Crippen LogP contribution in [-0.2, 0) is 9.47 Å². The van der Waals surface area contributed by atoms with E-state index in [1.165, 1.54) is 0 Å². The quantitative estimate of drug-likeness (QED) is 0.454. The molecular weight excluding hydrogens is 396 g/mol. The number of nitrogen functional groups attached to an aromatic ring is 1. The lowest BCUT2D eigenvalue weighted by Gasteiger charge is -2.12. The molecule has 1 atom stereocenters. The minimum Gasteiger partial charge on any atom is -0.494 e. The predicted octanol–water partition coefficient (Wildman–Crippen LogP) is 3.75. The SMILES string of the molecule is CCOc1ccc(-n2c(N)c(C(=O)OC(C)COC)c3nc4ccccc4nc32)cc1. The van der Waals surface area contributed by atoms with Gasteiger partial charge in [0, 0.05) is 12.8 Å². The van der Waals surface area contributed by atoms with E-state index in [2.05, 4.69) is 4.98 Å². The zero-order valence-electron chi connectivity index (χ0n) is 17.7. The average Bonchev–Trinajstić information content (AvgIpc) is 3.04. The summed E-state index contributed by atoms with van der Waals surface area (Å²) in [6, 6.07) is 14.9. The van der Waals surface area contributed by atoms with E-state index in [0.717, 1.165) is 11.4 Å². The van der Waals surface area contributed by atoms with Crippen LogP contribution in [0.1, 0.15) is 24.2 Å². The van der Waals surface area contributed by atoms with Crippen LogP contribution in [0.2, 0.25) is 0 Å². The van der Waals surface area contributed by atoms with Crippen molar-refractivity contribution in [2.75, 3.05) is 26.1 Å². The second-order valence-corrected chi connectivity index (χ2v) is 7.08. The highest BCUT2D eigenvalue weighted by Crippen LogP contribution is 2.32. The van der Waals surface area contributed by atoms with Gasteiger partial charge in [-0.2, -0.15) is 0 Å². The predicted molar refractivity (Wildman–Crippen MR) is 119 cm³/mol. The Hall–Kier alpha value is -3.65. The maximum Gasteiger partial charge on any atom is 0.344 e. The number of anilines is 1. The van der Waals surface area contributed by atoms with Gasteiger partial charge in [0.15, 0.2) is 5.65 Å². The third-order valence-corrected chi connectivity index (χ3v) is 4.82. The monoisotopic (exact) mass is 420 g/mol. The number of carbonyl (C=O) groups is 1. The van der Waals surface area contributed by atoms with E-state index in [1.807, 2.05) is 55.5 Å². The summed E-state index contributed by atoms with van der Waals surface area (Å²) in [5.74, 6) is 0.385. The first-order valence-corrected chi connectivity index (χ1v) is 10.0. The van der Waals surface area contributed by atoms with Crippen molar-refractivity contribution >= 4 is 34.0 Å². The Morgan fingerprint density at radius 1 is 1.10 bits per heavy atom. The summed E-state index contributed by atoms with van der Waals surface area (Å²) < 4.78 is 17.8. The van der Waals surface area contributed by atoms with Crippen LogP contribution in [-0.4, -0.2) is 46.9 Å². The third kappa shape index (κ3) is 3.89. The molecule has 1 unspecified atom stereocenters. The summed E-state index contributed by atoms with van der Waals surface area (Å²) in [4.78, 5) is 22.5. The van der Waals surface area contributed by atoms with E-state index < -0.39 is 12.1 Å². The van der Waals surface area contributed by atoms with Crippen LogP contribution in [0.3, 0.4) is 0 Å². The second kappa shape index (κ2) is 8.61. The fourth-order valence-corrected chi connectivity index (χ4v) is 3.49. The van der Waals surface area contributed by atoms with Crippen LogP contribution in [0.5, 0.6) is 5.75 Å². The van der Waals surface area contributed by atoms with E-state index in [1.54, 1.807) is 18.6 Å². The second-order valence-electron chi connectivity index (χ2n) is 7.08. The van der Waals surface area contributed by atoms with Gasteiger partial charge in [-0.15, -0.1) is 0 Å². The number of nitrogens with two attached hydrogens (primary N) is 1. The van der Waals surface area contributed by atoms with Crippen LogP contribution in [0.25, 0.3) is 27.9 Å². The zero-order valence-corrected chi connectivity index (χ0v) is 17.7. The lowest BCUT2D eigenvalue weighted by atomic mass is 10.2. The minimum absolute atomic E-state index is 0.185. The van der Waals surface area contributed by atoms with Crippen LogP contribution < -0.4 is 10.5 Å². The fourth-order valence-electron chi connectivity index (χ4n) is 3.49. The Bertz CT molecular complexity index is 1230. The van der Waals surface area contributed by atoms with E-state index in [0.29, 0.717) is 28.8 Å². The molecule has 4 rings (SSSR count). The summed E-state index contributed by atoms with van der Waals surface area (Å²) in [5.41, 5.74) is 9.63. The standard InChI is InChI=1S/C23H24N4O4/c1-4-30-16-11-9-15(10-12-16)27-21(24)19(23(28)31-14(2)13-29-3)20-22(27)26-18-8-6-5-7-17(18)25-20/h5-12,14H,4,13,24H2,1-3H3. The number of ether oxygens (including phenoxy) is 3. The number of benzene rings is 2. The van der Waals surface area contributed by atoms with Crippen molar-refractivity contribution in [3.8, 4) is 11.4 Å². The number of nitrogens with zero attached hydrogens (tertiary/aromatic N) is 3. The van der Waals surface area contributed by atoms with Crippen molar-refractivity contribution in [3.63, 3.8) is 0 Å². The van der Waals surface area contributed by atoms with Gasteiger partial charge in [-0.25, -0.2) is 14.8 Å². The van der Waals surface area contributed by atoms with Gasteiger partial charge in [-0.3, -0.25) is 4.57 Å². The number of rotatable bonds is 7. The van der Waals surface area contributed by atoms with Crippen molar-refractivity contribution < 1.29 is 19.0 Å². The highest BCUT2D eigenvalue weighted by Gasteiger charge is 2.27. The molecule has 0 spiro atoms. The summed E-state index contributed by atoms with van der Waals surface area (Å²) in [5, 5.41) is 0. The molecule has 0 aliphatic carbocycles. The lowest BCUT2D eigenvalue weighted by molar-refractivity contribution is 0.0123. The number of methoxy groups -OCH3 is 1. The molecule has 0 amide bonds. The molecule has 0 saturated heterocycles. The maximum atomic E-state index is 13.0. The van der Waals surface area contributed by atoms with E-state index in [4.69, 9.17) is 24.9 Å². The van der Waals surface area contributed by atoms with Crippen LogP contribution in [0, 0.1) is 0 Å². The first kappa shape index (κ1) is 20.6. The van der Waals surface area contributed by atoms with Gasteiger partial charge in [0.25, 0.3) is 0 Å². The van der Waals surface area contributed by atoms with Gasteiger partial charge in [-0.1, -0.05) is 12.1 Å². The smallest absolute Gasteiger partial charge is 0.344 e. The number of carbonyl (C=O) groups excluding carboxylic acids is 1. The normalized spacial score (nSPS) is 12.2. The summed E-state index contributed by atoms with van der Waals surface area (Å²) in [6.07, 6.45) is -0.436. The number of fused-ring (bicyclic) bond motifs is 2. The largest absolute Gasteiger partial charge is 0.494 e. The van der Waals surface area contributed by atoms with Crippen molar-refractivity contribution in [2.45, 2.75) is 20.0 Å². The Balaban J connectivity index is 1.91. The van der Waals surface area contributed by atoms with E-state index >= 15 is 0 Å². The molecule has 2 heterocycles. The number of aromatic nitrogens is 3. The molecule has 0 bridgehead atoms. The van der Waals surface area contributed by atoms with Gasteiger partial charge in [0.2, 0.25) is 0 Å². The minimum atomic E-state index is -0.568. The molecule has 4 aromatic rings. The summed E-state index contributed by atoms with van der Waals surface area (Å²) in [7, 11) is 1.55. The van der Waals surface area contributed by atoms with Crippen molar-refractivity contribution in [1.82, 2.24) is 14.5 Å². The van der Waals surface area contributed by atoms with E-state index in [-0.39, 0.29) is 18.0 Å². The number of hydrogen-bond donors (Lipinski definition) is 1. The molecular formula is C23H24N4O4. The highest BCUT2D eigenvalue weighted by molar-refractivity contribution is 6.09. The molecule has 0 radical (unpaired) electrons. The van der Waals surface area contributed by atoms with Crippen LogP contribution in [0.4, 0.5) is 5.82 Å². The van der Waals surface area contributed by atoms with Crippen molar-refractivity contribution in [3.05, 3.63) is 54.1 Å². The van der Waals surface area contributed by atoms with Gasteiger partial charge < -0.3 is 19.9 Å². The topological polar surface area (TPSA) is 101 Å². The Morgan fingerprint density at radius 2 is 1.77 bits per heavy atom. The molecule has 8 heteroatoms. The molecule has 8 nitrogen and oxygen atoms in total. The molecule has 31 heavy (non-hydrogen) atoms. The summed E-state index contributed by atoms with van der Waals surface area (Å²) >= 11 is 0. The molecule has 2 aromatic carbocycles. The Kier molecular flexibility index (Phi) is 5.73. The molecule has 2 aromatic heterocycles. The maximum absolute atomic E-state index is 13.0. The molecule has 2 N–H and O–H groups in total. The van der Waals surface area contributed by atoms with Crippen LogP contribution in [0.15, 0.2) is 48.5 Å². The first-order chi connectivity index (χ1) is 15.0. The number of hydrogen-bond acceptors (Lipinski definition) is 7. The number of para-hydroxylation sites is 2.